The van der Waals surface area contributed by atoms with Gasteiger partial charge in [0.1, 0.15) is 0 Å². The summed E-state index contributed by atoms with van der Waals surface area (Å²) in [6.07, 6.45) is 1.59. The second-order valence-electron chi connectivity index (χ2n) is 6.26. The molecule has 0 radical (unpaired) electrons. The summed E-state index contributed by atoms with van der Waals surface area (Å²) in [4.78, 5) is 29.3. The van der Waals surface area contributed by atoms with E-state index in [0.29, 0.717) is 17.2 Å². The summed E-state index contributed by atoms with van der Waals surface area (Å²) in [5, 5.41) is 3.38. The standard InChI is InChI=1S/C21H17N3O2S/c1-14-6-5-9-17-19(14)22-21(27-17)23-20(26)16-10-11-18(25)24(13-16)12-15-7-3-2-4-8-15/h2-11,13H,12H2,1H3,(H,22,23,26). The molecule has 2 aromatic heterocycles. The quantitative estimate of drug-likeness (QED) is 0.585. The summed E-state index contributed by atoms with van der Waals surface area (Å²) >= 11 is 1.43. The maximum Gasteiger partial charge on any atom is 0.258 e. The van der Waals surface area contributed by atoms with Gasteiger partial charge in [-0.2, -0.15) is 0 Å². The lowest BCUT2D eigenvalue weighted by atomic mass is 10.2. The lowest BCUT2D eigenvalue weighted by molar-refractivity contribution is 0.102. The smallest absolute Gasteiger partial charge is 0.258 e. The average molecular weight is 375 g/mol. The lowest BCUT2D eigenvalue weighted by Gasteiger charge is -2.08. The molecule has 0 aliphatic heterocycles. The predicted octanol–water partition coefficient (Wildman–Crippen LogP) is 4.07. The van der Waals surface area contributed by atoms with E-state index in [0.717, 1.165) is 21.3 Å². The van der Waals surface area contributed by atoms with Crippen molar-refractivity contribution in [2.75, 3.05) is 5.32 Å². The van der Waals surface area contributed by atoms with Gasteiger partial charge in [-0.15, -0.1) is 0 Å². The van der Waals surface area contributed by atoms with Crippen molar-refractivity contribution >= 4 is 32.6 Å². The topological polar surface area (TPSA) is 64.0 Å². The van der Waals surface area contributed by atoms with Gasteiger partial charge in [-0.3, -0.25) is 14.9 Å². The minimum atomic E-state index is -0.284. The monoisotopic (exact) mass is 375 g/mol. The molecule has 1 N–H and O–H groups in total. The number of amides is 1. The molecule has 5 nitrogen and oxygen atoms in total. The van der Waals surface area contributed by atoms with Crippen LogP contribution in [0, 0.1) is 6.92 Å². The molecule has 134 valence electrons. The Morgan fingerprint density at radius 2 is 1.89 bits per heavy atom. The fourth-order valence-electron chi connectivity index (χ4n) is 2.88. The SMILES string of the molecule is Cc1cccc2sc(NC(=O)c3ccc(=O)n(Cc4ccccc4)c3)nc12. The average Bonchev–Trinajstić information content (AvgIpc) is 3.08. The number of nitrogens with zero attached hydrogens (tertiary/aromatic N) is 2. The van der Waals surface area contributed by atoms with Gasteiger partial charge in [0, 0.05) is 12.3 Å². The van der Waals surface area contributed by atoms with Crippen molar-refractivity contribution in [1.29, 1.82) is 0 Å². The fourth-order valence-corrected chi connectivity index (χ4v) is 3.82. The van der Waals surface area contributed by atoms with Crippen molar-refractivity contribution in [3.05, 3.63) is 93.9 Å². The van der Waals surface area contributed by atoms with Crippen LogP contribution >= 0.6 is 11.3 Å². The van der Waals surface area contributed by atoms with E-state index in [2.05, 4.69) is 10.3 Å². The highest BCUT2D eigenvalue weighted by atomic mass is 32.1. The third kappa shape index (κ3) is 3.66. The van der Waals surface area contributed by atoms with Crippen LogP contribution in [-0.2, 0) is 6.54 Å². The second kappa shape index (κ2) is 7.17. The molecule has 4 aromatic rings. The summed E-state index contributed by atoms with van der Waals surface area (Å²) in [5.41, 5.74) is 3.24. The van der Waals surface area contributed by atoms with Crippen molar-refractivity contribution in [2.45, 2.75) is 13.5 Å². The first-order valence-corrected chi connectivity index (χ1v) is 9.34. The van der Waals surface area contributed by atoms with Gasteiger partial charge in [0.25, 0.3) is 11.5 Å². The normalized spacial score (nSPS) is 10.9. The van der Waals surface area contributed by atoms with Gasteiger partial charge in [-0.25, -0.2) is 4.98 Å². The summed E-state index contributed by atoms with van der Waals surface area (Å²) in [6.45, 7) is 2.41. The first kappa shape index (κ1) is 17.2. The summed E-state index contributed by atoms with van der Waals surface area (Å²) in [7, 11) is 0. The Labute approximate surface area is 159 Å². The van der Waals surface area contributed by atoms with Crippen LogP contribution in [0.2, 0.25) is 0 Å². The number of hydrogen-bond acceptors (Lipinski definition) is 4. The molecule has 0 aliphatic carbocycles. The minimum absolute atomic E-state index is 0.147. The Hall–Kier alpha value is -3.25. The number of pyridine rings is 1. The van der Waals surface area contributed by atoms with Gasteiger partial charge in [-0.05, 0) is 30.2 Å². The highest BCUT2D eigenvalue weighted by Gasteiger charge is 2.12. The fraction of sp³-hybridized carbons (Fsp3) is 0.0952. The summed E-state index contributed by atoms with van der Waals surface area (Å²) in [5.74, 6) is -0.284. The van der Waals surface area contributed by atoms with E-state index >= 15 is 0 Å². The molecule has 2 heterocycles. The number of para-hydroxylation sites is 1. The Balaban J connectivity index is 1.58. The Kier molecular flexibility index (Phi) is 4.56. The molecule has 0 unspecified atom stereocenters. The molecular weight excluding hydrogens is 358 g/mol. The number of benzene rings is 2. The Morgan fingerprint density at radius 3 is 2.67 bits per heavy atom. The number of anilines is 1. The highest BCUT2D eigenvalue weighted by molar-refractivity contribution is 7.22. The van der Waals surface area contributed by atoms with Gasteiger partial charge in [-0.1, -0.05) is 53.8 Å². The maximum absolute atomic E-state index is 12.6. The molecule has 0 saturated carbocycles. The van der Waals surface area contributed by atoms with Crippen molar-refractivity contribution in [3.8, 4) is 0 Å². The third-order valence-corrected chi connectivity index (χ3v) is 5.22. The number of thiazole rings is 1. The van der Waals surface area contributed by atoms with Gasteiger partial charge in [0.2, 0.25) is 0 Å². The van der Waals surface area contributed by atoms with Crippen LogP contribution in [0.3, 0.4) is 0 Å². The molecule has 4 rings (SSSR count). The van der Waals surface area contributed by atoms with E-state index in [1.165, 1.54) is 28.0 Å². The molecule has 6 heteroatoms. The van der Waals surface area contributed by atoms with Crippen LogP contribution in [0.25, 0.3) is 10.2 Å². The van der Waals surface area contributed by atoms with Crippen molar-refractivity contribution < 1.29 is 4.79 Å². The number of fused-ring (bicyclic) bond motifs is 1. The molecule has 0 spiro atoms. The van der Waals surface area contributed by atoms with E-state index < -0.39 is 0 Å². The molecule has 27 heavy (non-hydrogen) atoms. The molecule has 0 atom stereocenters. The van der Waals surface area contributed by atoms with Crippen molar-refractivity contribution in [1.82, 2.24) is 9.55 Å². The van der Waals surface area contributed by atoms with E-state index in [1.54, 1.807) is 6.20 Å². The molecule has 2 aromatic carbocycles. The van der Waals surface area contributed by atoms with Gasteiger partial charge in [0.05, 0.1) is 22.3 Å². The summed E-state index contributed by atoms with van der Waals surface area (Å²) in [6, 6.07) is 18.6. The Morgan fingerprint density at radius 1 is 1.07 bits per heavy atom. The second-order valence-corrected chi connectivity index (χ2v) is 7.29. The van der Waals surface area contributed by atoms with E-state index in [9.17, 15) is 9.59 Å². The molecule has 0 aliphatic rings. The van der Waals surface area contributed by atoms with Crippen LogP contribution in [0.1, 0.15) is 21.5 Å². The highest BCUT2D eigenvalue weighted by Crippen LogP contribution is 2.28. The van der Waals surface area contributed by atoms with Gasteiger partial charge >= 0.3 is 0 Å². The number of nitrogens with one attached hydrogen (secondary N) is 1. The molecule has 0 bridgehead atoms. The number of carbonyl (C=O) groups excluding carboxylic acids is 1. The van der Waals surface area contributed by atoms with E-state index in [-0.39, 0.29) is 11.5 Å². The first-order chi connectivity index (χ1) is 13.1. The number of carbonyl (C=O) groups is 1. The van der Waals surface area contributed by atoms with Crippen LogP contribution in [0.5, 0.6) is 0 Å². The molecule has 0 saturated heterocycles. The zero-order valence-electron chi connectivity index (χ0n) is 14.7. The maximum atomic E-state index is 12.6. The lowest BCUT2D eigenvalue weighted by Crippen LogP contribution is -2.22. The predicted molar refractivity (Wildman–Crippen MR) is 109 cm³/mol. The van der Waals surface area contributed by atoms with E-state index in [1.807, 2.05) is 55.5 Å². The van der Waals surface area contributed by atoms with Crippen LogP contribution in [0.15, 0.2) is 71.7 Å². The Bertz CT molecular complexity index is 1180. The number of aromatic nitrogens is 2. The van der Waals surface area contributed by atoms with Crippen LogP contribution in [0.4, 0.5) is 5.13 Å². The molecule has 1 amide bonds. The largest absolute Gasteiger partial charge is 0.310 e. The molecule has 0 fully saturated rings. The zero-order chi connectivity index (χ0) is 18.8. The molecular formula is C21H17N3O2S. The van der Waals surface area contributed by atoms with Crippen LogP contribution < -0.4 is 10.9 Å². The van der Waals surface area contributed by atoms with Crippen LogP contribution in [-0.4, -0.2) is 15.5 Å². The number of aryl methyl sites for hydroxylation is 1. The first-order valence-electron chi connectivity index (χ1n) is 8.52. The number of rotatable bonds is 4. The summed E-state index contributed by atoms with van der Waals surface area (Å²) < 4.78 is 2.56. The van der Waals surface area contributed by atoms with Crippen molar-refractivity contribution in [3.63, 3.8) is 0 Å². The van der Waals surface area contributed by atoms with Gasteiger partial charge in [0.15, 0.2) is 5.13 Å². The van der Waals surface area contributed by atoms with E-state index in [4.69, 9.17) is 0 Å². The number of hydrogen-bond donors (Lipinski definition) is 1. The third-order valence-electron chi connectivity index (χ3n) is 4.28. The minimum Gasteiger partial charge on any atom is -0.310 e. The van der Waals surface area contributed by atoms with Crippen molar-refractivity contribution in [2.24, 2.45) is 0 Å². The zero-order valence-corrected chi connectivity index (χ0v) is 15.5. The van der Waals surface area contributed by atoms with Gasteiger partial charge < -0.3 is 4.57 Å².